The summed E-state index contributed by atoms with van der Waals surface area (Å²) in [7, 11) is -4.48. The number of nitrogens with one attached hydrogen (secondary N) is 3. The lowest BCUT2D eigenvalue weighted by atomic mass is 9.92. The van der Waals surface area contributed by atoms with Gasteiger partial charge in [-0.2, -0.15) is 18.2 Å². The van der Waals surface area contributed by atoms with Gasteiger partial charge in [-0.25, -0.2) is 4.98 Å². The summed E-state index contributed by atoms with van der Waals surface area (Å²) in [6.07, 6.45) is -2.18. The maximum atomic E-state index is 13.8. The SMILES string of the molecule is CCC(CC)(c1ccc(Nc2ncc(C(F)(F)F)c(Nc3cccc4[nH]cc(C)c(=O)c34)n2)cc1)P(=O)(O)O. The van der Waals surface area contributed by atoms with Gasteiger partial charge in [-0.15, -0.1) is 0 Å². The number of nitrogens with zero attached hydrogens (tertiary/aromatic N) is 2. The molecule has 0 aliphatic heterocycles. The molecule has 2 heterocycles. The Labute approximate surface area is 221 Å². The molecule has 0 bridgehead atoms. The quantitative estimate of drug-likeness (QED) is 0.157. The minimum absolute atomic E-state index is 0.143. The monoisotopic (exact) mass is 561 g/mol. The molecule has 5 N–H and O–H groups in total. The first-order chi connectivity index (χ1) is 18.3. The van der Waals surface area contributed by atoms with Crippen molar-refractivity contribution < 1.29 is 27.5 Å². The number of hydrogen-bond donors (Lipinski definition) is 5. The number of pyridine rings is 1. The lowest BCUT2D eigenvalue weighted by Gasteiger charge is -2.33. The number of fused-ring (bicyclic) bond motifs is 1. The number of alkyl halides is 3. The van der Waals surface area contributed by atoms with E-state index < -0.39 is 30.3 Å². The van der Waals surface area contributed by atoms with Crippen molar-refractivity contribution >= 4 is 41.6 Å². The second-order valence-electron chi connectivity index (χ2n) is 9.09. The van der Waals surface area contributed by atoms with Gasteiger partial charge in [0.05, 0.1) is 21.7 Å². The fraction of sp³-hybridized carbons (Fsp3) is 0.269. The summed E-state index contributed by atoms with van der Waals surface area (Å²) >= 11 is 0. The molecule has 0 fully saturated rings. The van der Waals surface area contributed by atoms with Crippen molar-refractivity contribution in [3.05, 3.63) is 81.8 Å². The van der Waals surface area contributed by atoms with E-state index in [0.717, 1.165) is 0 Å². The zero-order valence-corrected chi connectivity index (χ0v) is 22.2. The Morgan fingerprint density at radius 3 is 2.28 bits per heavy atom. The minimum atomic E-state index is -4.78. The summed E-state index contributed by atoms with van der Waals surface area (Å²) in [5.41, 5.74) is 0.370. The molecule has 39 heavy (non-hydrogen) atoms. The lowest BCUT2D eigenvalue weighted by Crippen LogP contribution is -2.24. The van der Waals surface area contributed by atoms with E-state index in [4.69, 9.17) is 0 Å². The molecule has 206 valence electrons. The van der Waals surface area contributed by atoms with E-state index in [9.17, 15) is 32.3 Å². The summed E-state index contributed by atoms with van der Waals surface area (Å²) in [5.74, 6) is -0.710. The van der Waals surface area contributed by atoms with E-state index in [0.29, 0.717) is 28.5 Å². The van der Waals surface area contributed by atoms with Crippen molar-refractivity contribution in [1.29, 1.82) is 0 Å². The normalized spacial score (nSPS) is 12.5. The molecule has 2 aromatic heterocycles. The first-order valence-electron chi connectivity index (χ1n) is 12.1. The predicted octanol–water partition coefficient (Wildman–Crippen LogP) is 6.33. The van der Waals surface area contributed by atoms with Crippen molar-refractivity contribution in [1.82, 2.24) is 15.0 Å². The number of anilines is 4. The van der Waals surface area contributed by atoms with E-state index in [1.165, 1.54) is 12.3 Å². The van der Waals surface area contributed by atoms with E-state index in [1.54, 1.807) is 57.2 Å². The number of hydrogen-bond acceptors (Lipinski definition) is 6. The Morgan fingerprint density at radius 2 is 1.69 bits per heavy atom. The molecule has 9 nitrogen and oxygen atoms in total. The zero-order valence-electron chi connectivity index (χ0n) is 21.3. The molecule has 0 unspecified atom stereocenters. The largest absolute Gasteiger partial charge is 0.421 e. The van der Waals surface area contributed by atoms with Crippen LogP contribution in [-0.4, -0.2) is 24.7 Å². The topological polar surface area (TPSA) is 140 Å². The molecule has 0 spiro atoms. The molecule has 4 aromatic rings. The lowest BCUT2D eigenvalue weighted by molar-refractivity contribution is -0.137. The zero-order chi connectivity index (χ0) is 28.6. The van der Waals surface area contributed by atoms with Crippen LogP contribution in [0.4, 0.5) is 36.3 Å². The van der Waals surface area contributed by atoms with Crippen molar-refractivity contribution in [2.75, 3.05) is 10.6 Å². The van der Waals surface area contributed by atoms with Gasteiger partial charge < -0.3 is 25.4 Å². The Hall–Kier alpha value is -3.73. The molecule has 0 saturated carbocycles. The maximum absolute atomic E-state index is 13.8. The molecule has 0 aliphatic rings. The van der Waals surface area contributed by atoms with Crippen LogP contribution in [0.1, 0.15) is 43.4 Å². The minimum Gasteiger partial charge on any atom is -0.361 e. The third kappa shape index (κ3) is 5.40. The third-order valence-corrected chi connectivity index (χ3v) is 8.85. The second-order valence-corrected chi connectivity index (χ2v) is 11.0. The number of H-pyrrole nitrogens is 1. The van der Waals surface area contributed by atoms with Crippen LogP contribution in [0.15, 0.2) is 59.7 Å². The number of aryl methyl sites for hydroxylation is 1. The molecule has 4 rings (SSSR count). The third-order valence-electron chi connectivity index (χ3n) is 6.85. The smallest absolute Gasteiger partial charge is 0.361 e. The molecule has 0 radical (unpaired) electrons. The standard InChI is InChI=1S/C26H27F3N5O4P/c1-4-25(5-2,39(36,37)38)16-9-11-17(12-10-16)32-24-31-14-18(26(27,28)29)23(34-24)33-20-8-6-7-19-21(20)22(35)15(3)13-30-19/h6-14H,4-5H2,1-3H3,(H,30,35)(H2,36,37,38)(H2,31,32,33,34). The molecule has 0 aliphatic carbocycles. The first kappa shape index (κ1) is 28.3. The van der Waals surface area contributed by atoms with Crippen molar-refractivity contribution in [3.8, 4) is 0 Å². The fourth-order valence-corrected chi connectivity index (χ4v) is 5.88. The summed E-state index contributed by atoms with van der Waals surface area (Å²) in [6, 6.07) is 10.9. The van der Waals surface area contributed by atoms with Crippen LogP contribution < -0.4 is 16.1 Å². The molecule has 2 aromatic carbocycles. The molecule has 0 amide bonds. The second kappa shape index (κ2) is 10.4. The predicted molar refractivity (Wildman–Crippen MR) is 144 cm³/mol. The van der Waals surface area contributed by atoms with Gasteiger partial charge in [-0.05, 0) is 49.6 Å². The van der Waals surface area contributed by atoms with Gasteiger partial charge in [0.25, 0.3) is 0 Å². The summed E-state index contributed by atoms with van der Waals surface area (Å²) in [4.78, 5) is 43.5. The number of aromatic nitrogens is 3. The summed E-state index contributed by atoms with van der Waals surface area (Å²) < 4.78 is 53.7. The van der Waals surface area contributed by atoms with E-state index in [1.807, 2.05) is 0 Å². The van der Waals surface area contributed by atoms with Crippen LogP contribution in [-0.2, 0) is 15.9 Å². The summed E-state index contributed by atoms with van der Waals surface area (Å²) in [6.45, 7) is 4.99. The Bertz CT molecular complexity index is 1610. The molecule has 0 atom stereocenters. The van der Waals surface area contributed by atoms with Crippen LogP contribution in [0.3, 0.4) is 0 Å². The van der Waals surface area contributed by atoms with Crippen LogP contribution in [0.2, 0.25) is 0 Å². The highest BCUT2D eigenvalue weighted by Gasteiger charge is 2.45. The van der Waals surface area contributed by atoms with E-state index in [-0.39, 0.29) is 35.3 Å². The van der Waals surface area contributed by atoms with Gasteiger partial charge >= 0.3 is 13.8 Å². The maximum Gasteiger partial charge on any atom is 0.421 e. The Kier molecular flexibility index (Phi) is 7.57. The average molecular weight is 562 g/mol. The number of rotatable bonds is 8. The average Bonchev–Trinajstić information content (AvgIpc) is 2.87. The number of aromatic amines is 1. The Balaban J connectivity index is 1.71. The van der Waals surface area contributed by atoms with Gasteiger partial charge in [0.15, 0.2) is 5.43 Å². The van der Waals surface area contributed by atoms with Crippen LogP contribution in [0.25, 0.3) is 10.9 Å². The van der Waals surface area contributed by atoms with Gasteiger partial charge in [-0.1, -0.05) is 32.0 Å². The number of halogens is 3. The van der Waals surface area contributed by atoms with E-state index >= 15 is 0 Å². The fourth-order valence-electron chi connectivity index (χ4n) is 4.57. The van der Waals surface area contributed by atoms with Gasteiger partial charge in [0, 0.05) is 23.6 Å². The van der Waals surface area contributed by atoms with Crippen molar-refractivity contribution in [3.63, 3.8) is 0 Å². The highest BCUT2D eigenvalue weighted by molar-refractivity contribution is 7.53. The number of benzene rings is 2. The van der Waals surface area contributed by atoms with E-state index in [2.05, 4.69) is 25.6 Å². The van der Waals surface area contributed by atoms with Crippen LogP contribution in [0, 0.1) is 6.92 Å². The van der Waals surface area contributed by atoms with Crippen molar-refractivity contribution in [2.24, 2.45) is 0 Å². The molecular weight excluding hydrogens is 534 g/mol. The molecule has 0 saturated heterocycles. The Morgan fingerprint density at radius 1 is 1.03 bits per heavy atom. The molecular formula is C26H27F3N5O4P. The van der Waals surface area contributed by atoms with Gasteiger partial charge in [-0.3, -0.25) is 9.36 Å². The van der Waals surface area contributed by atoms with Gasteiger partial charge in [0.2, 0.25) is 5.95 Å². The highest BCUT2D eigenvalue weighted by Crippen LogP contribution is 2.60. The van der Waals surface area contributed by atoms with Crippen LogP contribution >= 0.6 is 7.60 Å². The van der Waals surface area contributed by atoms with Crippen LogP contribution in [0.5, 0.6) is 0 Å². The van der Waals surface area contributed by atoms with Crippen molar-refractivity contribution in [2.45, 2.75) is 44.9 Å². The van der Waals surface area contributed by atoms with Gasteiger partial charge in [0.1, 0.15) is 11.4 Å². The molecule has 13 heteroatoms. The summed E-state index contributed by atoms with van der Waals surface area (Å²) in [5, 5.41) is 4.33. The first-order valence-corrected chi connectivity index (χ1v) is 13.7. The highest BCUT2D eigenvalue weighted by atomic mass is 31.2.